The number of nitrogens with two attached hydrogens (primary N) is 1. The maximum atomic E-state index is 11.8. The second-order valence-electron chi connectivity index (χ2n) is 4.97. The third-order valence-corrected chi connectivity index (χ3v) is 3.20. The van der Waals surface area contributed by atoms with E-state index in [1.54, 1.807) is 4.90 Å². The van der Waals surface area contributed by atoms with E-state index in [2.05, 4.69) is 5.32 Å². The number of carbonyl (C=O) groups excluding carboxylic acids is 1. The maximum Gasteiger partial charge on any atom is 0.317 e. The van der Waals surface area contributed by atoms with Crippen molar-refractivity contribution in [2.75, 3.05) is 13.6 Å². The molecule has 0 aromatic rings. The van der Waals surface area contributed by atoms with Crippen LogP contribution in [-0.4, -0.2) is 36.6 Å². The molecule has 1 saturated carbocycles. The van der Waals surface area contributed by atoms with Gasteiger partial charge in [-0.3, -0.25) is 0 Å². The summed E-state index contributed by atoms with van der Waals surface area (Å²) < 4.78 is 0. The van der Waals surface area contributed by atoms with E-state index in [0.29, 0.717) is 6.04 Å². The number of nitrogens with zero attached hydrogens (tertiary/aromatic N) is 1. The van der Waals surface area contributed by atoms with Crippen LogP contribution in [0.1, 0.15) is 45.4 Å². The lowest BCUT2D eigenvalue weighted by Crippen LogP contribution is -2.44. The molecule has 0 aromatic heterocycles. The smallest absolute Gasteiger partial charge is 0.317 e. The van der Waals surface area contributed by atoms with Gasteiger partial charge in [-0.05, 0) is 26.2 Å². The van der Waals surface area contributed by atoms with Crippen molar-refractivity contribution in [2.45, 2.75) is 57.5 Å². The van der Waals surface area contributed by atoms with Gasteiger partial charge in [0.05, 0.1) is 0 Å². The summed E-state index contributed by atoms with van der Waals surface area (Å²) in [5, 5.41) is 3.09. The van der Waals surface area contributed by atoms with Gasteiger partial charge in [0.15, 0.2) is 0 Å². The Labute approximate surface area is 98.6 Å². The zero-order chi connectivity index (χ0) is 12.0. The van der Waals surface area contributed by atoms with Crippen molar-refractivity contribution < 1.29 is 4.79 Å². The average molecular weight is 227 g/mol. The third kappa shape index (κ3) is 4.84. The van der Waals surface area contributed by atoms with E-state index in [0.717, 1.165) is 25.8 Å². The summed E-state index contributed by atoms with van der Waals surface area (Å²) in [6.07, 6.45) is 6.92. The lowest BCUT2D eigenvalue weighted by Gasteiger charge is -2.26. The van der Waals surface area contributed by atoms with Crippen LogP contribution in [-0.2, 0) is 0 Å². The maximum absolute atomic E-state index is 11.8. The fourth-order valence-corrected chi connectivity index (χ4v) is 2.03. The first-order valence-electron chi connectivity index (χ1n) is 6.37. The van der Waals surface area contributed by atoms with Gasteiger partial charge >= 0.3 is 6.03 Å². The molecular weight excluding hydrogens is 202 g/mol. The molecule has 1 rings (SSSR count). The quantitative estimate of drug-likeness (QED) is 0.768. The van der Waals surface area contributed by atoms with Gasteiger partial charge in [0.25, 0.3) is 0 Å². The molecule has 0 aromatic carbocycles. The SMILES string of the molecule is CC(N)CCN(C)C(=O)NC1CCCCC1. The van der Waals surface area contributed by atoms with E-state index in [-0.39, 0.29) is 12.1 Å². The highest BCUT2D eigenvalue weighted by atomic mass is 16.2. The standard InChI is InChI=1S/C12H25N3O/c1-10(13)8-9-15(2)12(16)14-11-6-4-3-5-7-11/h10-11H,3-9,13H2,1-2H3,(H,14,16). The zero-order valence-electron chi connectivity index (χ0n) is 10.5. The lowest BCUT2D eigenvalue weighted by atomic mass is 9.96. The van der Waals surface area contributed by atoms with Gasteiger partial charge in [-0.2, -0.15) is 0 Å². The highest BCUT2D eigenvalue weighted by Crippen LogP contribution is 2.17. The topological polar surface area (TPSA) is 58.4 Å². The Hall–Kier alpha value is -0.770. The predicted octanol–water partition coefficient (Wildman–Crippen LogP) is 1.70. The molecule has 0 aliphatic heterocycles. The Morgan fingerprint density at radius 2 is 2.06 bits per heavy atom. The molecule has 0 spiro atoms. The van der Waals surface area contributed by atoms with Crippen LogP contribution < -0.4 is 11.1 Å². The average Bonchev–Trinajstić information content (AvgIpc) is 2.27. The van der Waals surface area contributed by atoms with Crippen molar-refractivity contribution in [1.29, 1.82) is 0 Å². The highest BCUT2D eigenvalue weighted by molar-refractivity contribution is 5.74. The van der Waals surface area contributed by atoms with E-state index in [4.69, 9.17) is 5.73 Å². The van der Waals surface area contributed by atoms with Crippen LogP contribution in [0.4, 0.5) is 4.79 Å². The molecule has 94 valence electrons. The van der Waals surface area contributed by atoms with Crippen molar-refractivity contribution in [3.8, 4) is 0 Å². The molecule has 1 aliphatic carbocycles. The normalized spacial score (nSPS) is 19.2. The number of hydrogen-bond acceptors (Lipinski definition) is 2. The van der Waals surface area contributed by atoms with Crippen LogP contribution in [0, 0.1) is 0 Å². The molecule has 0 heterocycles. The Morgan fingerprint density at radius 1 is 1.44 bits per heavy atom. The molecule has 1 aliphatic rings. The summed E-state index contributed by atoms with van der Waals surface area (Å²) in [5.74, 6) is 0. The van der Waals surface area contributed by atoms with E-state index >= 15 is 0 Å². The minimum absolute atomic E-state index is 0.0487. The molecular formula is C12H25N3O. The van der Waals surface area contributed by atoms with E-state index in [1.807, 2.05) is 14.0 Å². The minimum Gasteiger partial charge on any atom is -0.335 e. The van der Waals surface area contributed by atoms with Gasteiger partial charge in [0, 0.05) is 25.7 Å². The van der Waals surface area contributed by atoms with Crippen LogP contribution >= 0.6 is 0 Å². The molecule has 1 unspecified atom stereocenters. The van der Waals surface area contributed by atoms with Crippen molar-refractivity contribution in [2.24, 2.45) is 5.73 Å². The first-order valence-corrected chi connectivity index (χ1v) is 6.37. The summed E-state index contributed by atoms with van der Waals surface area (Å²) in [6, 6.07) is 0.594. The summed E-state index contributed by atoms with van der Waals surface area (Å²) in [5.41, 5.74) is 5.67. The van der Waals surface area contributed by atoms with Gasteiger partial charge in [0.2, 0.25) is 0 Å². The molecule has 4 heteroatoms. The van der Waals surface area contributed by atoms with Crippen molar-refractivity contribution in [3.05, 3.63) is 0 Å². The van der Waals surface area contributed by atoms with Crippen molar-refractivity contribution in [1.82, 2.24) is 10.2 Å². The minimum atomic E-state index is 0.0487. The number of nitrogens with one attached hydrogen (secondary N) is 1. The predicted molar refractivity (Wildman–Crippen MR) is 66.3 cm³/mol. The summed E-state index contributed by atoms with van der Waals surface area (Å²) in [4.78, 5) is 13.5. The fraction of sp³-hybridized carbons (Fsp3) is 0.917. The Bertz CT molecular complexity index is 212. The molecule has 0 radical (unpaired) electrons. The van der Waals surface area contributed by atoms with Gasteiger partial charge in [-0.25, -0.2) is 4.79 Å². The van der Waals surface area contributed by atoms with Gasteiger partial charge in [-0.1, -0.05) is 19.3 Å². The van der Waals surface area contributed by atoms with Crippen LogP contribution in [0.15, 0.2) is 0 Å². The van der Waals surface area contributed by atoms with Gasteiger partial charge in [0.1, 0.15) is 0 Å². The number of amides is 2. The molecule has 3 N–H and O–H groups in total. The first-order chi connectivity index (χ1) is 7.59. The Kier molecular flexibility index (Phi) is 5.60. The second-order valence-corrected chi connectivity index (χ2v) is 4.97. The van der Waals surface area contributed by atoms with E-state index in [9.17, 15) is 4.79 Å². The molecule has 0 bridgehead atoms. The Morgan fingerprint density at radius 3 is 2.62 bits per heavy atom. The summed E-state index contributed by atoms with van der Waals surface area (Å²) in [6.45, 7) is 2.70. The summed E-state index contributed by atoms with van der Waals surface area (Å²) in [7, 11) is 1.83. The third-order valence-electron chi connectivity index (χ3n) is 3.20. The lowest BCUT2D eigenvalue weighted by molar-refractivity contribution is 0.199. The number of rotatable bonds is 4. The monoisotopic (exact) mass is 227 g/mol. The van der Waals surface area contributed by atoms with Crippen LogP contribution in [0.3, 0.4) is 0 Å². The van der Waals surface area contributed by atoms with Crippen LogP contribution in [0.2, 0.25) is 0 Å². The van der Waals surface area contributed by atoms with Crippen molar-refractivity contribution in [3.63, 3.8) is 0 Å². The van der Waals surface area contributed by atoms with Crippen LogP contribution in [0.25, 0.3) is 0 Å². The molecule has 1 fully saturated rings. The van der Waals surface area contributed by atoms with E-state index in [1.165, 1.54) is 19.3 Å². The molecule has 1 atom stereocenters. The van der Waals surface area contributed by atoms with Crippen molar-refractivity contribution >= 4 is 6.03 Å². The molecule has 2 amide bonds. The van der Waals surface area contributed by atoms with Crippen LogP contribution in [0.5, 0.6) is 0 Å². The van der Waals surface area contributed by atoms with Gasteiger partial charge in [-0.15, -0.1) is 0 Å². The number of carbonyl (C=O) groups is 1. The molecule has 16 heavy (non-hydrogen) atoms. The Balaban J connectivity index is 2.22. The van der Waals surface area contributed by atoms with Gasteiger partial charge < -0.3 is 16.0 Å². The largest absolute Gasteiger partial charge is 0.335 e. The number of urea groups is 1. The summed E-state index contributed by atoms with van der Waals surface area (Å²) >= 11 is 0. The second kappa shape index (κ2) is 6.74. The molecule has 0 saturated heterocycles. The van der Waals surface area contributed by atoms with E-state index < -0.39 is 0 Å². The fourth-order valence-electron chi connectivity index (χ4n) is 2.03. The highest BCUT2D eigenvalue weighted by Gasteiger charge is 2.17. The zero-order valence-corrected chi connectivity index (χ0v) is 10.5. The number of hydrogen-bond donors (Lipinski definition) is 2. The molecule has 4 nitrogen and oxygen atoms in total. The first kappa shape index (κ1) is 13.3.